The third-order valence-corrected chi connectivity index (χ3v) is 6.31. The van der Waals surface area contributed by atoms with Crippen molar-refractivity contribution in [1.82, 2.24) is 9.62 Å². The van der Waals surface area contributed by atoms with Crippen molar-refractivity contribution in [3.8, 4) is 0 Å². The second-order valence-electron chi connectivity index (χ2n) is 5.89. The van der Waals surface area contributed by atoms with Gasteiger partial charge in [-0.3, -0.25) is 0 Å². The van der Waals surface area contributed by atoms with E-state index in [4.69, 9.17) is 0 Å². The highest BCUT2D eigenvalue weighted by atomic mass is 32.2. The van der Waals surface area contributed by atoms with Crippen molar-refractivity contribution in [3.05, 3.63) is 35.9 Å². The molecule has 2 rings (SSSR count). The largest absolute Gasteiger partial charge is 0.317 e. The molecule has 0 bridgehead atoms. The summed E-state index contributed by atoms with van der Waals surface area (Å²) in [5.41, 5.74) is 1.08. The van der Waals surface area contributed by atoms with Gasteiger partial charge >= 0.3 is 0 Å². The van der Waals surface area contributed by atoms with Crippen LogP contribution >= 0.6 is 0 Å². The van der Waals surface area contributed by atoms with E-state index < -0.39 is 10.0 Å². The maximum absolute atomic E-state index is 12.5. The Kier molecular flexibility index (Phi) is 5.79. The van der Waals surface area contributed by atoms with E-state index in [1.165, 1.54) is 0 Å². The van der Waals surface area contributed by atoms with E-state index in [9.17, 15) is 8.42 Å². The maximum Gasteiger partial charge on any atom is 0.214 e. The van der Waals surface area contributed by atoms with Gasteiger partial charge in [-0.15, -0.1) is 0 Å². The summed E-state index contributed by atoms with van der Waals surface area (Å²) < 4.78 is 26.7. The number of aryl methyl sites for hydroxylation is 1. The molecule has 0 saturated carbocycles. The lowest BCUT2D eigenvalue weighted by atomic mass is 9.93. The first-order valence-corrected chi connectivity index (χ1v) is 9.33. The van der Waals surface area contributed by atoms with Crippen molar-refractivity contribution in [1.29, 1.82) is 0 Å². The zero-order valence-electron chi connectivity index (χ0n) is 13.0. The number of benzene rings is 1. The highest BCUT2D eigenvalue weighted by Crippen LogP contribution is 2.22. The minimum Gasteiger partial charge on any atom is -0.317 e. The average molecular weight is 310 g/mol. The van der Waals surface area contributed by atoms with Crippen molar-refractivity contribution in [2.75, 3.05) is 25.9 Å². The van der Waals surface area contributed by atoms with Crippen LogP contribution in [-0.2, 0) is 16.4 Å². The van der Waals surface area contributed by atoms with Crippen LogP contribution in [0.5, 0.6) is 0 Å². The Labute approximate surface area is 128 Å². The molecule has 5 heteroatoms. The zero-order valence-corrected chi connectivity index (χ0v) is 13.8. The molecule has 1 aromatic carbocycles. The number of sulfonamides is 1. The average Bonchev–Trinajstić information content (AvgIpc) is 2.53. The SMILES string of the molecule is CNC(C)C1CCCN(S(=O)(=O)CCc2ccccc2)C1. The lowest BCUT2D eigenvalue weighted by molar-refractivity contribution is 0.229. The highest BCUT2D eigenvalue weighted by molar-refractivity contribution is 7.89. The molecule has 1 aliphatic rings. The van der Waals surface area contributed by atoms with Gasteiger partial charge in [-0.25, -0.2) is 12.7 Å². The molecule has 0 aliphatic carbocycles. The molecule has 1 aromatic rings. The summed E-state index contributed by atoms with van der Waals surface area (Å²) in [6.07, 6.45) is 2.65. The Morgan fingerprint density at radius 1 is 1.33 bits per heavy atom. The van der Waals surface area contributed by atoms with Crippen LogP contribution in [-0.4, -0.2) is 44.7 Å². The lowest BCUT2D eigenvalue weighted by Gasteiger charge is -2.35. The molecule has 1 aliphatic heterocycles. The number of piperidine rings is 1. The molecule has 1 fully saturated rings. The van der Waals surface area contributed by atoms with Crippen molar-refractivity contribution < 1.29 is 8.42 Å². The molecular weight excluding hydrogens is 284 g/mol. The van der Waals surface area contributed by atoms with Gasteiger partial charge in [0.05, 0.1) is 5.75 Å². The van der Waals surface area contributed by atoms with Gasteiger partial charge in [-0.2, -0.15) is 0 Å². The van der Waals surface area contributed by atoms with Crippen molar-refractivity contribution >= 4 is 10.0 Å². The fourth-order valence-corrected chi connectivity index (χ4v) is 4.47. The van der Waals surface area contributed by atoms with E-state index in [1.54, 1.807) is 4.31 Å². The number of nitrogens with zero attached hydrogens (tertiary/aromatic N) is 1. The Morgan fingerprint density at radius 2 is 2.05 bits per heavy atom. The molecular formula is C16H26N2O2S. The molecule has 1 saturated heterocycles. The van der Waals surface area contributed by atoms with Gasteiger partial charge in [0.2, 0.25) is 10.0 Å². The monoisotopic (exact) mass is 310 g/mol. The van der Waals surface area contributed by atoms with E-state index in [2.05, 4.69) is 12.2 Å². The Morgan fingerprint density at radius 3 is 2.71 bits per heavy atom. The van der Waals surface area contributed by atoms with Crippen LogP contribution in [0.3, 0.4) is 0 Å². The first-order valence-electron chi connectivity index (χ1n) is 7.72. The molecule has 0 aromatic heterocycles. The minimum absolute atomic E-state index is 0.206. The van der Waals surface area contributed by atoms with Gasteiger partial charge in [-0.1, -0.05) is 30.3 Å². The van der Waals surface area contributed by atoms with Crippen LogP contribution < -0.4 is 5.32 Å². The summed E-state index contributed by atoms with van der Waals surface area (Å²) in [6.45, 7) is 3.45. The summed E-state index contributed by atoms with van der Waals surface area (Å²) >= 11 is 0. The molecule has 2 unspecified atom stereocenters. The number of hydrogen-bond acceptors (Lipinski definition) is 3. The number of rotatable bonds is 6. The third kappa shape index (κ3) is 4.53. The summed E-state index contributed by atoms with van der Waals surface area (Å²) in [5, 5.41) is 3.24. The van der Waals surface area contributed by atoms with E-state index in [0.717, 1.165) is 18.4 Å². The maximum atomic E-state index is 12.5. The molecule has 1 N–H and O–H groups in total. The van der Waals surface area contributed by atoms with Crippen molar-refractivity contribution in [2.45, 2.75) is 32.2 Å². The van der Waals surface area contributed by atoms with Crippen LogP contribution in [0.25, 0.3) is 0 Å². The Hall–Kier alpha value is -0.910. The van der Waals surface area contributed by atoms with Gasteiger partial charge in [0.25, 0.3) is 0 Å². The van der Waals surface area contributed by atoms with E-state index >= 15 is 0 Å². The summed E-state index contributed by atoms with van der Waals surface area (Å²) in [5.74, 6) is 0.618. The van der Waals surface area contributed by atoms with Crippen molar-refractivity contribution in [2.24, 2.45) is 5.92 Å². The Bertz CT molecular complexity index is 530. The fraction of sp³-hybridized carbons (Fsp3) is 0.625. The van der Waals surface area contributed by atoms with Gasteiger partial charge in [-0.05, 0) is 44.7 Å². The standard InChI is InChI=1S/C16H26N2O2S/c1-14(17-2)16-9-6-11-18(13-16)21(19,20)12-10-15-7-4-3-5-8-15/h3-5,7-8,14,16-17H,6,9-13H2,1-2H3. The first-order chi connectivity index (χ1) is 10.0. The normalized spacial score (nSPS) is 22.1. The Balaban J connectivity index is 1.95. The first kappa shape index (κ1) is 16.5. The predicted molar refractivity (Wildman–Crippen MR) is 86.8 cm³/mol. The van der Waals surface area contributed by atoms with Gasteiger partial charge in [0.15, 0.2) is 0 Å². The zero-order chi connectivity index (χ0) is 15.3. The van der Waals surface area contributed by atoms with E-state index in [0.29, 0.717) is 31.5 Å². The predicted octanol–water partition coefficient (Wildman–Crippen LogP) is 1.88. The molecule has 118 valence electrons. The topological polar surface area (TPSA) is 49.4 Å². The van der Waals surface area contributed by atoms with Crippen LogP contribution in [0.4, 0.5) is 0 Å². The second kappa shape index (κ2) is 7.38. The van der Waals surface area contributed by atoms with Gasteiger partial charge in [0, 0.05) is 19.1 Å². The van der Waals surface area contributed by atoms with Gasteiger partial charge in [0.1, 0.15) is 0 Å². The molecule has 21 heavy (non-hydrogen) atoms. The molecule has 0 amide bonds. The highest BCUT2D eigenvalue weighted by Gasteiger charge is 2.30. The van der Waals surface area contributed by atoms with Crippen LogP contribution in [0.2, 0.25) is 0 Å². The third-order valence-electron chi connectivity index (χ3n) is 4.47. The van der Waals surface area contributed by atoms with Crippen LogP contribution in [0.1, 0.15) is 25.3 Å². The minimum atomic E-state index is -3.15. The molecule has 1 heterocycles. The van der Waals surface area contributed by atoms with Crippen molar-refractivity contribution in [3.63, 3.8) is 0 Å². The van der Waals surface area contributed by atoms with Crippen LogP contribution in [0, 0.1) is 5.92 Å². The number of nitrogens with one attached hydrogen (secondary N) is 1. The quantitative estimate of drug-likeness (QED) is 0.873. The molecule has 0 spiro atoms. The lowest BCUT2D eigenvalue weighted by Crippen LogP contribution is -2.46. The molecule has 2 atom stereocenters. The molecule has 4 nitrogen and oxygen atoms in total. The fourth-order valence-electron chi connectivity index (χ4n) is 2.89. The van der Waals surface area contributed by atoms with Crippen LogP contribution in [0.15, 0.2) is 30.3 Å². The smallest absolute Gasteiger partial charge is 0.214 e. The van der Waals surface area contributed by atoms with E-state index in [1.807, 2.05) is 37.4 Å². The summed E-state index contributed by atoms with van der Waals surface area (Å²) in [6, 6.07) is 10.2. The molecule has 0 radical (unpaired) electrons. The second-order valence-corrected chi connectivity index (χ2v) is 7.98. The van der Waals surface area contributed by atoms with E-state index in [-0.39, 0.29) is 5.75 Å². The summed E-state index contributed by atoms with van der Waals surface area (Å²) in [4.78, 5) is 0. The van der Waals surface area contributed by atoms with Gasteiger partial charge < -0.3 is 5.32 Å². The number of hydrogen-bond donors (Lipinski definition) is 1. The summed E-state index contributed by atoms with van der Waals surface area (Å²) in [7, 11) is -1.21.